The second kappa shape index (κ2) is 8.91. The van der Waals surface area contributed by atoms with Gasteiger partial charge in [0.15, 0.2) is 5.11 Å². The number of anilines is 2. The normalized spacial score (nSPS) is 13.5. The smallest absolute Gasteiger partial charge is 0.257 e. The van der Waals surface area contributed by atoms with E-state index in [1.165, 1.54) is 18.6 Å². The van der Waals surface area contributed by atoms with E-state index < -0.39 is 5.91 Å². The second-order valence-corrected chi connectivity index (χ2v) is 7.28. The summed E-state index contributed by atoms with van der Waals surface area (Å²) in [6, 6.07) is 11.8. The molecule has 28 heavy (non-hydrogen) atoms. The molecule has 1 aliphatic heterocycles. The van der Waals surface area contributed by atoms with Crippen LogP contribution in [0, 0.1) is 11.3 Å². The molecule has 0 unspecified atom stereocenters. The average Bonchev–Trinajstić information content (AvgIpc) is 2.70. The van der Waals surface area contributed by atoms with Crippen LogP contribution in [0.25, 0.3) is 0 Å². The van der Waals surface area contributed by atoms with Gasteiger partial charge in [-0.15, -0.1) is 0 Å². The van der Waals surface area contributed by atoms with E-state index in [2.05, 4.69) is 21.6 Å². The number of phenolic OH excluding ortho intramolecular Hbond substituents is 1. The van der Waals surface area contributed by atoms with Crippen LogP contribution >= 0.6 is 23.8 Å². The third-order valence-electron chi connectivity index (χ3n) is 4.51. The minimum atomic E-state index is -0.413. The number of thiocarbonyl (C=S) groups is 1. The van der Waals surface area contributed by atoms with E-state index in [4.69, 9.17) is 23.8 Å². The molecule has 0 radical (unpaired) electrons. The fourth-order valence-electron chi connectivity index (χ4n) is 3.10. The first-order valence-corrected chi connectivity index (χ1v) is 9.66. The first-order valence-electron chi connectivity index (χ1n) is 8.88. The van der Waals surface area contributed by atoms with E-state index in [1.807, 2.05) is 6.07 Å². The quantitative estimate of drug-likeness (QED) is 0.519. The topological polar surface area (TPSA) is 88.4 Å². The van der Waals surface area contributed by atoms with Gasteiger partial charge in [-0.1, -0.05) is 11.6 Å². The number of hydrogen-bond donors (Lipinski definition) is 3. The van der Waals surface area contributed by atoms with Crippen molar-refractivity contribution in [3.8, 4) is 11.8 Å². The zero-order valence-electron chi connectivity index (χ0n) is 15.0. The van der Waals surface area contributed by atoms with Crippen LogP contribution in [0.4, 0.5) is 11.4 Å². The molecule has 144 valence electrons. The van der Waals surface area contributed by atoms with Gasteiger partial charge >= 0.3 is 0 Å². The van der Waals surface area contributed by atoms with E-state index in [9.17, 15) is 15.2 Å². The van der Waals surface area contributed by atoms with Gasteiger partial charge in [0, 0.05) is 24.3 Å². The van der Waals surface area contributed by atoms with Crippen LogP contribution in [0.3, 0.4) is 0 Å². The number of nitriles is 1. The van der Waals surface area contributed by atoms with Crippen molar-refractivity contribution in [3.63, 3.8) is 0 Å². The van der Waals surface area contributed by atoms with Gasteiger partial charge in [0.25, 0.3) is 5.91 Å². The van der Waals surface area contributed by atoms with E-state index in [-0.39, 0.29) is 15.9 Å². The number of nitrogens with zero attached hydrogens (tertiary/aromatic N) is 2. The molecule has 1 aliphatic rings. The molecule has 1 fully saturated rings. The Balaban J connectivity index is 1.68. The lowest BCUT2D eigenvalue weighted by atomic mass is 10.0. The summed E-state index contributed by atoms with van der Waals surface area (Å²) in [6.45, 7) is 1.84. The number of piperidine rings is 1. The third kappa shape index (κ3) is 4.71. The standard InChI is InChI=1S/C20H19ClN4O2S/c21-16-11-15(5-7-18(16)26)23-20(28)24-19(27)13-4-6-17(14(10-13)12-22)25-8-2-1-3-9-25/h4-7,10-11,26H,1-3,8-9H2,(H2,23,24,27,28). The number of amides is 1. The minimum Gasteiger partial charge on any atom is -0.506 e. The highest BCUT2D eigenvalue weighted by molar-refractivity contribution is 7.80. The fourth-order valence-corrected chi connectivity index (χ4v) is 3.49. The molecule has 0 spiro atoms. The highest BCUT2D eigenvalue weighted by atomic mass is 35.5. The Kier molecular flexibility index (Phi) is 6.34. The molecular formula is C20H19ClN4O2S. The summed E-state index contributed by atoms with van der Waals surface area (Å²) in [6.07, 6.45) is 3.41. The van der Waals surface area contributed by atoms with Gasteiger partial charge in [-0.05, 0) is 67.9 Å². The molecule has 0 saturated carbocycles. The Labute approximate surface area is 173 Å². The summed E-state index contributed by atoms with van der Waals surface area (Å²) >= 11 is 11.0. The van der Waals surface area contributed by atoms with Crippen molar-refractivity contribution in [2.45, 2.75) is 19.3 Å². The highest BCUT2D eigenvalue weighted by Gasteiger charge is 2.17. The Bertz CT molecular complexity index is 952. The second-order valence-electron chi connectivity index (χ2n) is 6.47. The summed E-state index contributed by atoms with van der Waals surface area (Å²) < 4.78 is 0. The summed E-state index contributed by atoms with van der Waals surface area (Å²) in [4.78, 5) is 14.7. The predicted molar refractivity (Wildman–Crippen MR) is 114 cm³/mol. The number of nitrogens with one attached hydrogen (secondary N) is 2. The van der Waals surface area contributed by atoms with E-state index in [0.29, 0.717) is 16.8 Å². The molecule has 1 amide bonds. The minimum absolute atomic E-state index is 0.0417. The van der Waals surface area contributed by atoms with Crippen molar-refractivity contribution in [2.75, 3.05) is 23.3 Å². The average molecular weight is 415 g/mol. The molecule has 2 aromatic rings. The van der Waals surface area contributed by atoms with E-state index >= 15 is 0 Å². The van der Waals surface area contributed by atoms with Gasteiger partial charge in [0.1, 0.15) is 11.8 Å². The van der Waals surface area contributed by atoms with Gasteiger partial charge in [0.2, 0.25) is 0 Å². The van der Waals surface area contributed by atoms with Crippen molar-refractivity contribution in [2.24, 2.45) is 0 Å². The zero-order chi connectivity index (χ0) is 20.1. The molecule has 8 heteroatoms. The SMILES string of the molecule is N#Cc1cc(C(=O)NC(=S)Nc2ccc(O)c(Cl)c2)ccc1N1CCCCC1. The van der Waals surface area contributed by atoms with Crippen LogP contribution in [0.1, 0.15) is 35.2 Å². The van der Waals surface area contributed by atoms with Crippen molar-refractivity contribution >= 4 is 46.2 Å². The maximum atomic E-state index is 12.5. The Morgan fingerprint density at radius 1 is 1.18 bits per heavy atom. The van der Waals surface area contributed by atoms with Crippen molar-refractivity contribution in [1.29, 1.82) is 5.26 Å². The molecule has 3 N–H and O–H groups in total. The Morgan fingerprint density at radius 2 is 1.93 bits per heavy atom. The lowest BCUT2D eigenvalue weighted by Crippen LogP contribution is -2.34. The van der Waals surface area contributed by atoms with Gasteiger partial charge in [-0.2, -0.15) is 5.26 Å². The molecule has 0 aromatic heterocycles. The van der Waals surface area contributed by atoms with Gasteiger partial charge < -0.3 is 15.3 Å². The van der Waals surface area contributed by atoms with Crippen molar-refractivity contribution in [3.05, 3.63) is 52.5 Å². The number of carbonyl (C=O) groups is 1. The van der Waals surface area contributed by atoms with E-state index in [0.717, 1.165) is 31.6 Å². The van der Waals surface area contributed by atoms with Crippen LogP contribution in [0.15, 0.2) is 36.4 Å². The highest BCUT2D eigenvalue weighted by Crippen LogP contribution is 2.26. The van der Waals surface area contributed by atoms with Gasteiger partial charge in [-0.3, -0.25) is 10.1 Å². The molecule has 1 heterocycles. The van der Waals surface area contributed by atoms with Crippen LogP contribution in [-0.4, -0.2) is 29.2 Å². The molecule has 1 saturated heterocycles. The van der Waals surface area contributed by atoms with Crippen molar-refractivity contribution < 1.29 is 9.90 Å². The van der Waals surface area contributed by atoms with Gasteiger partial charge in [0.05, 0.1) is 16.3 Å². The first-order chi connectivity index (χ1) is 13.5. The lowest BCUT2D eigenvalue weighted by molar-refractivity contribution is 0.0977. The third-order valence-corrected chi connectivity index (χ3v) is 5.02. The summed E-state index contributed by atoms with van der Waals surface area (Å²) in [7, 11) is 0. The Morgan fingerprint density at radius 3 is 2.61 bits per heavy atom. The number of phenols is 1. The molecule has 0 atom stereocenters. The molecule has 2 aromatic carbocycles. The lowest BCUT2D eigenvalue weighted by Gasteiger charge is -2.29. The number of hydrogen-bond acceptors (Lipinski definition) is 5. The number of carbonyl (C=O) groups excluding carboxylic acids is 1. The Hall–Kier alpha value is -2.82. The first kappa shape index (κ1) is 19.9. The van der Waals surface area contributed by atoms with Crippen LogP contribution in [0.2, 0.25) is 5.02 Å². The molecule has 6 nitrogen and oxygen atoms in total. The van der Waals surface area contributed by atoms with E-state index in [1.54, 1.807) is 18.2 Å². The van der Waals surface area contributed by atoms with Crippen LogP contribution in [-0.2, 0) is 0 Å². The fraction of sp³-hybridized carbons (Fsp3) is 0.250. The maximum Gasteiger partial charge on any atom is 0.257 e. The van der Waals surface area contributed by atoms with Crippen molar-refractivity contribution in [1.82, 2.24) is 5.32 Å². The zero-order valence-corrected chi connectivity index (χ0v) is 16.6. The van der Waals surface area contributed by atoms with Crippen LogP contribution < -0.4 is 15.5 Å². The van der Waals surface area contributed by atoms with Crippen LogP contribution in [0.5, 0.6) is 5.75 Å². The monoisotopic (exact) mass is 414 g/mol. The predicted octanol–water partition coefficient (Wildman–Crippen LogP) is 4.03. The number of rotatable bonds is 3. The van der Waals surface area contributed by atoms with Gasteiger partial charge in [-0.25, -0.2) is 0 Å². The number of halogens is 1. The maximum absolute atomic E-state index is 12.5. The number of benzene rings is 2. The summed E-state index contributed by atoms with van der Waals surface area (Å²) in [5.74, 6) is -0.455. The molecule has 0 aliphatic carbocycles. The molecule has 0 bridgehead atoms. The largest absolute Gasteiger partial charge is 0.506 e. The summed E-state index contributed by atoms with van der Waals surface area (Å²) in [5.41, 5.74) is 2.22. The molecule has 3 rings (SSSR count). The number of aromatic hydroxyl groups is 1. The molecular weight excluding hydrogens is 396 g/mol. The summed E-state index contributed by atoms with van der Waals surface area (Å²) in [5, 5.41) is 24.6.